The van der Waals surface area contributed by atoms with E-state index in [9.17, 15) is 14.4 Å². The van der Waals surface area contributed by atoms with E-state index in [0.29, 0.717) is 34.7 Å². The normalized spacial score (nSPS) is 14.8. The van der Waals surface area contributed by atoms with Crippen LogP contribution in [0.1, 0.15) is 42.0 Å². The molecule has 0 bridgehead atoms. The van der Waals surface area contributed by atoms with E-state index in [1.807, 2.05) is 39.8 Å². The number of aryl methyl sites for hydroxylation is 3. The standard InChI is InChI=1S/C27H33BrN4O6/c1-5-36-22-12-19(13-30-32-27(35)26(34)29-14-20-7-6-8-37-20)11-21(28)25(22)38-15-23(33)31-24-17(3)9-16(2)10-18(24)4/h9-13,20H,5-8,14-15H2,1-4H3,(H,29,34)(H,31,33)(H,32,35)/b30-13-/t20-/m0/s1. The molecule has 0 saturated carbocycles. The first-order valence-electron chi connectivity index (χ1n) is 12.4. The molecular formula is C27H33BrN4O6. The average Bonchev–Trinajstić information content (AvgIpc) is 3.38. The van der Waals surface area contributed by atoms with Crippen LogP contribution in [0.25, 0.3) is 0 Å². The van der Waals surface area contributed by atoms with Crippen molar-refractivity contribution in [2.24, 2.45) is 5.10 Å². The fourth-order valence-corrected chi connectivity index (χ4v) is 4.64. The second-order valence-corrected chi connectivity index (χ2v) is 9.77. The molecule has 0 aliphatic carbocycles. The molecule has 3 rings (SSSR count). The maximum absolute atomic E-state index is 12.6. The van der Waals surface area contributed by atoms with Crippen LogP contribution < -0.4 is 25.5 Å². The highest BCUT2D eigenvalue weighted by atomic mass is 79.9. The fourth-order valence-electron chi connectivity index (χ4n) is 4.06. The monoisotopic (exact) mass is 588 g/mol. The van der Waals surface area contributed by atoms with Crippen molar-refractivity contribution >= 4 is 45.6 Å². The van der Waals surface area contributed by atoms with Crippen LogP contribution in [0.3, 0.4) is 0 Å². The van der Waals surface area contributed by atoms with Gasteiger partial charge in [0, 0.05) is 18.8 Å². The zero-order valence-electron chi connectivity index (χ0n) is 22.0. The predicted molar refractivity (Wildman–Crippen MR) is 148 cm³/mol. The molecule has 3 amide bonds. The van der Waals surface area contributed by atoms with E-state index < -0.39 is 11.8 Å². The largest absolute Gasteiger partial charge is 0.490 e. The zero-order chi connectivity index (χ0) is 27.7. The van der Waals surface area contributed by atoms with Gasteiger partial charge < -0.3 is 24.8 Å². The van der Waals surface area contributed by atoms with Crippen LogP contribution in [0.5, 0.6) is 11.5 Å². The summed E-state index contributed by atoms with van der Waals surface area (Å²) in [6.45, 7) is 8.80. The summed E-state index contributed by atoms with van der Waals surface area (Å²) in [4.78, 5) is 36.6. The number of hydrogen-bond acceptors (Lipinski definition) is 7. The van der Waals surface area contributed by atoms with Gasteiger partial charge in [-0.15, -0.1) is 0 Å². The van der Waals surface area contributed by atoms with Crippen LogP contribution in [0, 0.1) is 20.8 Å². The van der Waals surface area contributed by atoms with Crippen molar-refractivity contribution in [1.29, 1.82) is 0 Å². The number of ether oxygens (including phenoxy) is 3. The number of rotatable bonds is 10. The second-order valence-electron chi connectivity index (χ2n) is 8.92. The maximum Gasteiger partial charge on any atom is 0.329 e. The van der Waals surface area contributed by atoms with Crippen molar-refractivity contribution in [1.82, 2.24) is 10.7 Å². The molecule has 0 unspecified atom stereocenters. The second kappa shape index (κ2) is 13.9. The minimum atomic E-state index is -0.881. The Hall–Kier alpha value is -3.44. The van der Waals surface area contributed by atoms with E-state index >= 15 is 0 Å². The third kappa shape index (κ3) is 8.29. The van der Waals surface area contributed by atoms with Gasteiger partial charge in [-0.2, -0.15) is 5.10 Å². The molecule has 11 heteroatoms. The number of benzene rings is 2. The molecule has 1 aliphatic heterocycles. The lowest BCUT2D eigenvalue weighted by Gasteiger charge is -2.16. The van der Waals surface area contributed by atoms with E-state index in [-0.39, 0.29) is 25.2 Å². The van der Waals surface area contributed by atoms with Gasteiger partial charge in [0.15, 0.2) is 18.1 Å². The summed E-state index contributed by atoms with van der Waals surface area (Å²) in [6.07, 6.45) is 3.11. The van der Waals surface area contributed by atoms with Crippen molar-refractivity contribution in [3.8, 4) is 11.5 Å². The number of carbonyl (C=O) groups is 3. The Morgan fingerprint density at radius 1 is 1.11 bits per heavy atom. The van der Waals surface area contributed by atoms with Crippen molar-refractivity contribution in [2.75, 3.05) is 31.7 Å². The number of halogens is 1. The molecule has 1 atom stereocenters. The van der Waals surface area contributed by atoms with Gasteiger partial charge in [-0.25, -0.2) is 5.43 Å². The van der Waals surface area contributed by atoms with Crippen LogP contribution in [-0.4, -0.2) is 56.4 Å². The molecule has 38 heavy (non-hydrogen) atoms. The van der Waals surface area contributed by atoms with Crippen LogP contribution in [0.2, 0.25) is 0 Å². The lowest BCUT2D eigenvalue weighted by atomic mass is 10.1. The molecule has 1 heterocycles. The van der Waals surface area contributed by atoms with Gasteiger partial charge in [0.25, 0.3) is 5.91 Å². The summed E-state index contributed by atoms with van der Waals surface area (Å²) in [5.41, 5.74) is 6.62. The third-order valence-corrected chi connectivity index (χ3v) is 6.31. The lowest BCUT2D eigenvalue weighted by molar-refractivity contribution is -0.139. The number of hydrogen-bond donors (Lipinski definition) is 3. The maximum atomic E-state index is 12.6. The van der Waals surface area contributed by atoms with E-state index in [2.05, 4.69) is 37.1 Å². The topological polar surface area (TPSA) is 127 Å². The molecule has 0 aromatic heterocycles. The van der Waals surface area contributed by atoms with Crippen molar-refractivity contribution in [3.05, 3.63) is 51.0 Å². The minimum Gasteiger partial charge on any atom is -0.490 e. The van der Waals surface area contributed by atoms with Crippen molar-refractivity contribution in [2.45, 2.75) is 46.6 Å². The molecule has 1 saturated heterocycles. The molecule has 3 N–H and O–H groups in total. The molecule has 2 aromatic rings. The molecule has 1 fully saturated rings. The first-order valence-corrected chi connectivity index (χ1v) is 13.2. The predicted octanol–water partition coefficient (Wildman–Crippen LogP) is 3.54. The molecule has 204 valence electrons. The van der Waals surface area contributed by atoms with Crippen LogP contribution in [0.15, 0.2) is 33.8 Å². The molecular weight excluding hydrogens is 556 g/mol. The summed E-state index contributed by atoms with van der Waals surface area (Å²) in [5, 5.41) is 9.31. The van der Waals surface area contributed by atoms with Crippen molar-refractivity contribution in [3.63, 3.8) is 0 Å². The van der Waals surface area contributed by atoms with Crippen LogP contribution >= 0.6 is 15.9 Å². The van der Waals surface area contributed by atoms with Crippen molar-refractivity contribution < 1.29 is 28.6 Å². The Kier molecular flexibility index (Phi) is 10.7. The summed E-state index contributed by atoms with van der Waals surface area (Å²) in [5.74, 6) is -1.23. The first-order chi connectivity index (χ1) is 18.2. The molecule has 0 spiro atoms. The Bertz CT molecular complexity index is 1190. The van der Waals surface area contributed by atoms with Gasteiger partial charge >= 0.3 is 11.8 Å². The van der Waals surface area contributed by atoms with E-state index in [4.69, 9.17) is 14.2 Å². The molecule has 1 aliphatic rings. The highest BCUT2D eigenvalue weighted by Gasteiger charge is 2.19. The Morgan fingerprint density at radius 2 is 1.84 bits per heavy atom. The number of carbonyl (C=O) groups excluding carboxylic acids is 3. The number of hydrazone groups is 1. The number of nitrogens with zero attached hydrogens (tertiary/aromatic N) is 1. The highest BCUT2D eigenvalue weighted by molar-refractivity contribution is 9.10. The number of nitrogens with one attached hydrogen (secondary N) is 3. The quantitative estimate of drug-likeness (QED) is 0.221. The van der Waals surface area contributed by atoms with Gasteiger partial charge in [-0.1, -0.05) is 17.7 Å². The van der Waals surface area contributed by atoms with Gasteiger partial charge in [-0.05, 0) is 85.3 Å². The summed E-state index contributed by atoms with van der Waals surface area (Å²) in [6, 6.07) is 7.36. The molecule has 2 aromatic carbocycles. The van der Waals surface area contributed by atoms with E-state index in [0.717, 1.165) is 35.2 Å². The van der Waals surface area contributed by atoms with Crippen LogP contribution in [-0.2, 0) is 19.1 Å². The SMILES string of the molecule is CCOc1cc(/C=N\NC(=O)C(=O)NC[C@@H]2CCCO2)cc(Br)c1OCC(=O)Nc1c(C)cc(C)cc1C. The summed E-state index contributed by atoms with van der Waals surface area (Å²) >= 11 is 3.45. The van der Waals surface area contributed by atoms with Gasteiger partial charge in [-0.3, -0.25) is 14.4 Å². The fraction of sp³-hybridized carbons (Fsp3) is 0.407. The first kappa shape index (κ1) is 29.1. The Morgan fingerprint density at radius 3 is 2.50 bits per heavy atom. The van der Waals surface area contributed by atoms with E-state index in [1.54, 1.807) is 12.1 Å². The van der Waals surface area contributed by atoms with E-state index in [1.165, 1.54) is 6.21 Å². The lowest BCUT2D eigenvalue weighted by Crippen LogP contribution is -2.41. The van der Waals surface area contributed by atoms with Gasteiger partial charge in [0.2, 0.25) is 0 Å². The zero-order valence-corrected chi connectivity index (χ0v) is 23.6. The van der Waals surface area contributed by atoms with Gasteiger partial charge in [0.1, 0.15) is 0 Å². The molecule has 0 radical (unpaired) electrons. The average molecular weight is 589 g/mol. The summed E-state index contributed by atoms with van der Waals surface area (Å²) < 4.78 is 17.4. The Labute approximate surface area is 230 Å². The van der Waals surface area contributed by atoms with Crippen LogP contribution in [0.4, 0.5) is 5.69 Å². The Balaban J connectivity index is 1.59. The van der Waals surface area contributed by atoms with Gasteiger partial charge in [0.05, 0.1) is 23.4 Å². The highest BCUT2D eigenvalue weighted by Crippen LogP contribution is 2.36. The minimum absolute atomic E-state index is 0.0627. The number of amides is 3. The third-order valence-electron chi connectivity index (χ3n) is 5.72. The molecule has 10 nitrogen and oxygen atoms in total. The number of anilines is 1. The summed E-state index contributed by atoms with van der Waals surface area (Å²) in [7, 11) is 0. The smallest absolute Gasteiger partial charge is 0.329 e.